The van der Waals surface area contributed by atoms with Crippen molar-refractivity contribution < 1.29 is 39.2 Å². The summed E-state index contributed by atoms with van der Waals surface area (Å²) in [5.41, 5.74) is 2.90. The molecule has 0 saturated carbocycles. The minimum Gasteiger partial charge on any atom is -0.391 e. The van der Waals surface area contributed by atoms with Gasteiger partial charge in [0.1, 0.15) is 18.9 Å². The van der Waals surface area contributed by atoms with Gasteiger partial charge in [-0.25, -0.2) is 13.6 Å². The van der Waals surface area contributed by atoms with Crippen LogP contribution in [0.3, 0.4) is 0 Å². The number of carbonyl (C=O) groups is 1. The van der Waals surface area contributed by atoms with Gasteiger partial charge in [0.05, 0.1) is 5.92 Å². The number of amides is 2. The molecule has 2 heterocycles. The average molecular weight is 309 g/mol. The number of aliphatic hydroxyl groups is 3. The second-order valence-corrected chi connectivity index (χ2v) is 4.64. The van der Waals surface area contributed by atoms with Crippen molar-refractivity contribution in [3.05, 3.63) is 12.3 Å². The number of hydrogen-bond acceptors (Lipinski definition) is 6. The topological polar surface area (TPSA) is 140 Å². The van der Waals surface area contributed by atoms with Crippen molar-refractivity contribution in [3.8, 4) is 0 Å². The summed E-state index contributed by atoms with van der Waals surface area (Å²) in [7, 11) is 0. The summed E-state index contributed by atoms with van der Waals surface area (Å²) in [6, 6.07) is -0.904. The lowest BCUT2D eigenvalue weighted by molar-refractivity contribution is -0.286. The zero-order valence-corrected chi connectivity index (χ0v) is 10.6. The van der Waals surface area contributed by atoms with Crippen LogP contribution < -0.4 is 10.8 Å². The molecule has 11 heteroatoms. The van der Waals surface area contributed by atoms with Crippen LogP contribution in [0, 0.1) is 5.92 Å². The number of rotatable bonds is 4. The molecule has 0 bridgehead atoms. The number of ether oxygens (including phenoxy) is 1. The molecule has 118 valence electrons. The van der Waals surface area contributed by atoms with Crippen LogP contribution in [0.5, 0.6) is 0 Å². The maximum atomic E-state index is 13.2. The Kier molecular flexibility index (Phi) is 4.18. The summed E-state index contributed by atoms with van der Waals surface area (Å²) in [6.07, 6.45) is -5.67. The van der Waals surface area contributed by atoms with E-state index in [1.807, 2.05) is 0 Å². The number of nitrogens with two attached hydrogens (primary N) is 1. The first-order valence-electron chi connectivity index (χ1n) is 5.98. The quantitative estimate of drug-likeness (QED) is 0.361. The molecule has 0 aromatic rings. The molecule has 1 fully saturated rings. The van der Waals surface area contributed by atoms with Gasteiger partial charge in [0.25, 0.3) is 5.72 Å². The molecule has 5 atom stereocenters. The minimum atomic E-state index is -3.06. The van der Waals surface area contributed by atoms with Crippen LogP contribution in [0.2, 0.25) is 0 Å². The Morgan fingerprint density at radius 2 is 2.24 bits per heavy atom. The Morgan fingerprint density at radius 1 is 1.57 bits per heavy atom. The molecule has 2 aliphatic heterocycles. The molecule has 21 heavy (non-hydrogen) atoms. The Balaban J connectivity index is 2.35. The van der Waals surface area contributed by atoms with Gasteiger partial charge in [0.2, 0.25) is 6.43 Å². The van der Waals surface area contributed by atoms with Crippen molar-refractivity contribution in [1.29, 1.82) is 0 Å². The van der Waals surface area contributed by atoms with Gasteiger partial charge in [-0.1, -0.05) is 0 Å². The van der Waals surface area contributed by atoms with Crippen LogP contribution in [-0.2, 0) is 4.74 Å². The van der Waals surface area contributed by atoms with Crippen molar-refractivity contribution in [2.45, 2.75) is 30.7 Å². The van der Waals surface area contributed by atoms with Crippen LogP contribution in [0.4, 0.5) is 13.6 Å². The lowest BCUT2D eigenvalue weighted by Gasteiger charge is -2.32. The SMILES string of the molecule is [NH2+]=N[C@]1(CO)O[C@@H](N2C=CC(O)NC2=O)[C@@H](C(F)F)[C@@H]1O. The molecule has 0 radical (unpaired) electrons. The third-order valence-electron chi connectivity index (χ3n) is 3.43. The predicted molar refractivity (Wildman–Crippen MR) is 60.1 cm³/mol. The highest BCUT2D eigenvalue weighted by atomic mass is 19.3. The van der Waals surface area contributed by atoms with Crippen molar-refractivity contribution in [1.82, 2.24) is 10.2 Å². The molecule has 2 amide bonds. The highest BCUT2D eigenvalue weighted by molar-refractivity contribution is 5.77. The number of carbonyl (C=O) groups excluding carboxylic acids is 1. The molecular weight excluding hydrogens is 294 g/mol. The van der Waals surface area contributed by atoms with Crippen LogP contribution in [0.15, 0.2) is 17.4 Å². The predicted octanol–water partition coefficient (Wildman–Crippen LogP) is -2.66. The average Bonchev–Trinajstić information content (AvgIpc) is 2.72. The van der Waals surface area contributed by atoms with Gasteiger partial charge in [-0.15, -0.1) is 0 Å². The second kappa shape index (κ2) is 5.60. The zero-order valence-electron chi connectivity index (χ0n) is 10.6. The fraction of sp³-hybridized carbons (Fsp3) is 0.700. The van der Waals surface area contributed by atoms with Crippen LogP contribution in [0.1, 0.15) is 0 Å². The lowest BCUT2D eigenvalue weighted by atomic mass is 9.96. The van der Waals surface area contributed by atoms with Gasteiger partial charge in [-0.3, -0.25) is 4.90 Å². The number of alkyl halides is 2. The van der Waals surface area contributed by atoms with Crippen molar-refractivity contribution >= 4 is 6.03 Å². The van der Waals surface area contributed by atoms with E-state index < -0.39 is 49.3 Å². The van der Waals surface area contributed by atoms with E-state index in [2.05, 4.69) is 10.4 Å². The molecule has 6 N–H and O–H groups in total. The van der Waals surface area contributed by atoms with Crippen LogP contribution in [0.25, 0.3) is 0 Å². The molecule has 0 spiro atoms. The van der Waals surface area contributed by atoms with E-state index >= 15 is 0 Å². The van der Waals surface area contributed by atoms with Crippen molar-refractivity contribution in [2.75, 3.05) is 6.61 Å². The Morgan fingerprint density at radius 3 is 2.71 bits per heavy atom. The van der Waals surface area contributed by atoms with E-state index in [1.165, 1.54) is 0 Å². The molecule has 0 aromatic heterocycles. The van der Waals surface area contributed by atoms with Gasteiger partial charge >= 0.3 is 6.03 Å². The molecule has 1 unspecified atom stereocenters. The number of nitrogens with zero attached hydrogens (tertiary/aromatic N) is 2. The smallest absolute Gasteiger partial charge is 0.325 e. The zero-order chi connectivity index (χ0) is 15.8. The summed E-state index contributed by atoms with van der Waals surface area (Å²) in [5.74, 6) is -1.84. The van der Waals surface area contributed by atoms with E-state index in [0.29, 0.717) is 0 Å². The summed E-state index contributed by atoms with van der Waals surface area (Å²) in [4.78, 5) is 12.5. The monoisotopic (exact) mass is 309 g/mol. The van der Waals surface area contributed by atoms with Gasteiger partial charge in [-0.2, -0.15) is 5.53 Å². The standard InChI is InChI=1S/C10H14F2N4O5/c11-7(12)5-6(19)10(3-17,15-13)21-8(5)16-2-1-4(18)14-9(16)20/h1-2,4-8,13,17-19H,3H2,(H,14,20)/p+1/t4?,5-,6+,8-,10-/m1/s1. The third kappa shape index (κ3) is 2.48. The molecular formula is C10H15F2N4O5+. The first-order chi connectivity index (χ1) is 9.86. The lowest BCUT2D eigenvalue weighted by Crippen LogP contribution is -2.52. The van der Waals surface area contributed by atoms with Gasteiger partial charge < -0.3 is 25.4 Å². The summed E-state index contributed by atoms with van der Waals surface area (Å²) in [5, 5.41) is 33.6. The third-order valence-corrected chi connectivity index (χ3v) is 3.43. The van der Waals surface area contributed by atoms with E-state index in [1.54, 1.807) is 0 Å². The maximum absolute atomic E-state index is 13.2. The normalized spacial score (nSPS) is 39.7. The molecule has 2 aliphatic rings. The Hall–Kier alpha value is -1.69. The van der Waals surface area contributed by atoms with E-state index in [-0.39, 0.29) is 0 Å². The van der Waals surface area contributed by atoms with E-state index in [4.69, 9.17) is 10.3 Å². The van der Waals surface area contributed by atoms with Gasteiger partial charge in [0, 0.05) is 6.20 Å². The largest absolute Gasteiger partial charge is 0.391 e. The number of aliphatic hydroxyl groups excluding tert-OH is 3. The van der Waals surface area contributed by atoms with E-state index in [0.717, 1.165) is 17.2 Å². The molecule has 2 rings (SSSR count). The number of nitrogens with one attached hydrogen (secondary N) is 1. The fourth-order valence-electron chi connectivity index (χ4n) is 2.29. The van der Waals surface area contributed by atoms with Crippen molar-refractivity contribution in [2.24, 2.45) is 11.0 Å². The highest BCUT2D eigenvalue weighted by Crippen LogP contribution is 2.41. The number of hydrogen-bond donors (Lipinski definition) is 5. The molecule has 0 aliphatic carbocycles. The molecule has 1 saturated heterocycles. The number of urea groups is 1. The number of halogens is 2. The highest BCUT2D eigenvalue weighted by Gasteiger charge is 2.62. The first kappa shape index (κ1) is 15.7. The summed E-state index contributed by atoms with van der Waals surface area (Å²) >= 11 is 0. The molecule has 0 aromatic carbocycles. The summed E-state index contributed by atoms with van der Waals surface area (Å²) in [6.45, 7) is -0.938. The Labute approximate surface area is 117 Å². The van der Waals surface area contributed by atoms with Crippen molar-refractivity contribution in [3.63, 3.8) is 0 Å². The van der Waals surface area contributed by atoms with E-state index in [9.17, 15) is 28.9 Å². The van der Waals surface area contributed by atoms with Gasteiger partial charge in [0.15, 0.2) is 6.23 Å². The minimum absolute atomic E-state index is 0.732. The van der Waals surface area contributed by atoms with Crippen LogP contribution in [-0.4, -0.2) is 63.6 Å². The molecule has 9 nitrogen and oxygen atoms in total. The Bertz CT molecular complexity index is 465. The fourth-order valence-corrected chi connectivity index (χ4v) is 2.29. The first-order valence-corrected chi connectivity index (χ1v) is 5.98. The van der Waals surface area contributed by atoms with Gasteiger partial charge in [-0.05, 0) is 11.2 Å². The maximum Gasteiger partial charge on any atom is 0.325 e. The summed E-state index contributed by atoms with van der Waals surface area (Å²) < 4.78 is 31.5. The second-order valence-electron chi connectivity index (χ2n) is 4.64. The van der Waals surface area contributed by atoms with Crippen LogP contribution >= 0.6 is 0 Å².